The lowest BCUT2D eigenvalue weighted by Gasteiger charge is -2.19. The fourth-order valence-electron chi connectivity index (χ4n) is 0.427. The predicted octanol–water partition coefficient (Wildman–Crippen LogP) is -0.733. The van der Waals surface area contributed by atoms with Gasteiger partial charge in [0, 0.05) is 0 Å². The van der Waals surface area contributed by atoms with E-state index in [0.717, 1.165) is 0 Å². The van der Waals surface area contributed by atoms with Gasteiger partial charge in [-0.15, -0.1) is 0 Å². The molecule has 1 unspecified atom stereocenters. The maximum atomic E-state index is 10.2. The van der Waals surface area contributed by atoms with Crippen LogP contribution in [0.5, 0.6) is 0 Å². The standard InChI is InChI=1S/C4H10N2O3/c1-3(7)6(9-2)4(5)8/h3,7H,1-2H3,(H2,5,8). The van der Waals surface area contributed by atoms with Crippen molar-refractivity contribution in [2.75, 3.05) is 7.11 Å². The Hall–Kier alpha value is -0.810. The molecule has 0 saturated carbocycles. The Morgan fingerprint density at radius 1 is 1.89 bits per heavy atom. The van der Waals surface area contributed by atoms with E-state index in [1.54, 1.807) is 0 Å². The van der Waals surface area contributed by atoms with Gasteiger partial charge in [0.05, 0.1) is 7.11 Å². The molecule has 0 bridgehead atoms. The highest BCUT2D eigenvalue weighted by atomic mass is 16.7. The molecule has 0 heterocycles. The van der Waals surface area contributed by atoms with Crippen molar-refractivity contribution in [2.45, 2.75) is 13.2 Å². The summed E-state index contributed by atoms with van der Waals surface area (Å²) >= 11 is 0. The maximum Gasteiger partial charge on any atom is 0.341 e. The molecular weight excluding hydrogens is 124 g/mol. The SMILES string of the molecule is CON(C(N)=O)C(C)O. The summed E-state index contributed by atoms with van der Waals surface area (Å²) < 4.78 is 0. The van der Waals surface area contributed by atoms with Crippen molar-refractivity contribution in [3.05, 3.63) is 0 Å². The van der Waals surface area contributed by atoms with Crippen molar-refractivity contribution < 1.29 is 14.7 Å². The molecule has 0 aromatic rings. The Bertz CT molecular complexity index is 104. The zero-order valence-electron chi connectivity index (χ0n) is 5.37. The smallest absolute Gasteiger partial charge is 0.341 e. The zero-order valence-corrected chi connectivity index (χ0v) is 5.37. The van der Waals surface area contributed by atoms with Gasteiger partial charge in [-0.25, -0.2) is 4.79 Å². The number of hydrogen-bond acceptors (Lipinski definition) is 3. The summed E-state index contributed by atoms with van der Waals surface area (Å²) in [4.78, 5) is 14.6. The minimum atomic E-state index is -1.01. The molecule has 0 aliphatic carbocycles. The van der Waals surface area contributed by atoms with Crippen molar-refractivity contribution in [3.63, 3.8) is 0 Å². The van der Waals surface area contributed by atoms with E-state index in [0.29, 0.717) is 5.06 Å². The van der Waals surface area contributed by atoms with Crippen LogP contribution in [0.3, 0.4) is 0 Å². The second kappa shape index (κ2) is 3.26. The van der Waals surface area contributed by atoms with Gasteiger partial charge >= 0.3 is 6.03 Å². The number of amides is 2. The molecule has 0 fully saturated rings. The molecule has 0 aromatic carbocycles. The Morgan fingerprint density at radius 3 is 2.33 bits per heavy atom. The number of primary amides is 1. The number of carbonyl (C=O) groups excluding carboxylic acids is 1. The summed E-state index contributed by atoms with van der Waals surface area (Å²) in [5.74, 6) is 0. The van der Waals surface area contributed by atoms with Crippen molar-refractivity contribution in [3.8, 4) is 0 Å². The predicted molar refractivity (Wildman–Crippen MR) is 30.1 cm³/mol. The molecule has 0 rings (SSSR count). The fraction of sp³-hybridized carbons (Fsp3) is 0.750. The Balaban J connectivity index is 3.83. The van der Waals surface area contributed by atoms with Crippen LogP contribution in [-0.2, 0) is 4.84 Å². The molecule has 0 saturated heterocycles. The van der Waals surface area contributed by atoms with E-state index in [2.05, 4.69) is 4.84 Å². The lowest BCUT2D eigenvalue weighted by atomic mass is 10.6. The van der Waals surface area contributed by atoms with Crippen LogP contribution in [0.4, 0.5) is 4.79 Å². The number of carbonyl (C=O) groups is 1. The van der Waals surface area contributed by atoms with E-state index in [1.807, 2.05) is 0 Å². The lowest BCUT2D eigenvalue weighted by molar-refractivity contribution is -0.170. The number of rotatable bonds is 2. The zero-order chi connectivity index (χ0) is 7.44. The van der Waals surface area contributed by atoms with Crippen LogP contribution < -0.4 is 5.73 Å². The Morgan fingerprint density at radius 2 is 2.33 bits per heavy atom. The molecule has 0 aliphatic rings. The molecular formula is C4H10N2O3. The summed E-state index contributed by atoms with van der Waals surface area (Å²) in [6.07, 6.45) is -1.01. The third-order valence-corrected chi connectivity index (χ3v) is 0.753. The first-order valence-electron chi connectivity index (χ1n) is 2.40. The first-order chi connectivity index (χ1) is 4.09. The van der Waals surface area contributed by atoms with Gasteiger partial charge in [0.25, 0.3) is 0 Å². The largest absolute Gasteiger partial charge is 0.371 e. The molecule has 2 amide bonds. The average Bonchev–Trinajstić information content (AvgIpc) is 1.64. The van der Waals surface area contributed by atoms with Gasteiger partial charge < -0.3 is 10.8 Å². The van der Waals surface area contributed by atoms with E-state index in [9.17, 15) is 4.79 Å². The summed E-state index contributed by atoms with van der Waals surface area (Å²) in [5, 5.41) is 9.34. The van der Waals surface area contributed by atoms with Gasteiger partial charge in [-0.1, -0.05) is 0 Å². The highest BCUT2D eigenvalue weighted by Crippen LogP contribution is 1.92. The minimum Gasteiger partial charge on any atom is -0.371 e. The van der Waals surface area contributed by atoms with Crippen LogP contribution in [0.15, 0.2) is 0 Å². The van der Waals surface area contributed by atoms with Crippen molar-refractivity contribution >= 4 is 6.03 Å². The molecule has 5 heteroatoms. The van der Waals surface area contributed by atoms with Crippen molar-refractivity contribution in [1.82, 2.24) is 5.06 Å². The topological polar surface area (TPSA) is 75.8 Å². The van der Waals surface area contributed by atoms with Crippen LogP contribution in [0.25, 0.3) is 0 Å². The molecule has 0 radical (unpaired) electrons. The van der Waals surface area contributed by atoms with Crippen LogP contribution in [0.2, 0.25) is 0 Å². The van der Waals surface area contributed by atoms with Gasteiger partial charge in [-0.2, -0.15) is 5.06 Å². The van der Waals surface area contributed by atoms with E-state index in [1.165, 1.54) is 14.0 Å². The number of urea groups is 1. The second-order valence-corrected chi connectivity index (χ2v) is 1.48. The number of hydrogen-bond donors (Lipinski definition) is 2. The average molecular weight is 134 g/mol. The molecule has 54 valence electrons. The normalized spacial score (nSPS) is 12.8. The van der Waals surface area contributed by atoms with Gasteiger partial charge in [0.15, 0.2) is 6.23 Å². The third-order valence-electron chi connectivity index (χ3n) is 0.753. The third kappa shape index (κ3) is 2.29. The summed E-state index contributed by atoms with van der Waals surface area (Å²) in [6, 6.07) is -0.812. The summed E-state index contributed by atoms with van der Waals surface area (Å²) in [5.41, 5.74) is 4.75. The van der Waals surface area contributed by atoms with E-state index >= 15 is 0 Å². The van der Waals surface area contributed by atoms with E-state index in [4.69, 9.17) is 10.8 Å². The second-order valence-electron chi connectivity index (χ2n) is 1.48. The number of aliphatic hydroxyl groups is 1. The molecule has 9 heavy (non-hydrogen) atoms. The van der Waals surface area contributed by atoms with Crippen LogP contribution in [0, 0.1) is 0 Å². The number of aliphatic hydroxyl groups excluding tert-OH is 1. The number of nitrogens with zero attached hydrogens (tertiary/aromatic N) is 1. The highest BCUT2D eigenvalue weighted by Gasteiger charge is 2.12. The first kappa shape index (κ1) is 8.19. The fourth-order valence-corrected chi connectivity index (χ4v) is 0.427. The number of hydroxylamine groups is 2. The first-order valence-corrected chi connectivity index (χ1v) is 2.40. The van der Waals surface area contributed by atoms with Crippen LogP contribution in [-0.4, -0.2) is 29.5 Å². The van der Waals surface area contributed by atoms with E-state index in [-0.39, 0.29) is 0 Å². The van der Waals surface area contributed by atoms with Crippen molar-refractivity contribution in [1.29, 1.82) is 0 Å². The maximum absolute atomic E-state index is 10.2. The van der Waals surface area contributed by atoms with Crippen molar-refractivity contribution in [2.24, 2.45) is 5.73 Å². The van der Waals surface area contributed by atoms with Crippen LogP contribution >= 0.6 is 0 Å². The Labute approximate surface area is 53.0 Å². The van der Waals surface area contributed by atoms with Crippen LogP contribution in [0.1, 0.15) is 6.92 Å². The summed E-state index contributed by atoms with van der Waals surface area (Å²) in [7, 11) is 1.25. The van der Waals surface area contributed by atoms with Gasteiger partial charge in [-0.05, 0) is 6.92 Å². The number of nitrogens with two attached hydrogens (primary N) is 1. The Kier molecular flexibility index (Phi) is 2.97. The molecule has 5 nitrogen and oxygen atoms in total. The minimum absolute atomic E-state index is 0.653. The molecule has 1 atom stereocenters. The molecule has 0 aliphatic heterocycles. The van der Waals surface area contributed by atoms with Gasteiger partial charge in [-0.3, -0.25) is 4.84 Å². The van der Waals surface area contributed by atoms with E-state index < -0.39 is 12.3 Å². The monoisotopic (exact) mass is 134 g/mol. The molecule has 0 aromatic heterocycles. The summed E-state index contributed by atoms with van der Waals surface area (Å²) in [6.45, 7) is 1.37. The lowest BCUT2D eigenvalue weighted by Crippen LogP contribution is -2.41. The molecule has 0 spiro atoms. The van der Waals surface area contributed by atoms with Gasteiger partial charge in [0.1, 0.15) is 0 Å². The molecule has 3 N–H and O–H groups in total. The highest BCUT2D eigenvalue weighted by molar-refractivity contribution is 5.70. The quantitative estimate of drug-likeness (QED) is 0.386. The van der Waals surface area contributed by atoms with Gasteiger partial charge in [0.2, 0.25) is 0 Å².